The second-order valence-corrected chi connectivity index (χ2v) is 4.43. The molecule has 19 heavy (non-hydrogen) atoms. The molecule has 0 saturated heterocycles. The molecule has 0 aliphatic carbocycles. The van der Waals surface area contributed by atoms with Crippen molar-refractivity contribution in [3.8, 4) is 0 Å². The topological polar surface area (TPSA) is 91.7 Å². The van der Waals surface area contributed by atoms with Gasteiger partial charge in [0.2, 0.25) is 0 Å². The summed E-state index contributed by atoms with van der Waals surface area (Å²) in [4.78, 5) is 29.3. The molecule has 5 nitrogen and oxygen atoms in total. The van der Waals surface area contributed by atoms with Gasteiger partial charge in [-0.2, -0.15) is 0 Å². The zero-order valence-electron chi connectivity index (χ0n) is 11.5. The molecular weight excluding hydrogens is 262 g/mol. The molecule has 2 N–H and O–H groups in total. The number of aliphatic carboxylic acids is 1. The van der Waals surface area contributed by atoms with Gasteiger partial charge in [0.05, 0.1) is 0 Å². The van der Waals surface area contributed by atoms with Gasteiger partial charge in [0.25, 0.3) is 0 Å². The molecule has 1 atom stereocenters. The Morgan fingerprint density at radius 3 is 2.11 bits per heavy atom. The molecule has 1 rings (SSSR count). The van der Waals surface area contributed by atoms with Crippen molar-refractivity contribution in [2.75, 3.05) is 0 Å². The first kappa shape index (κ1) is 18.1. The van der Waals surface area contributed by atoms with E-state index in [1.807, 2.05) is 26.8 Å². The number of benzene rings is 1. The zero-order valence-corrected chi connectivity index (χ0v) is 12.6. The standard InChI is InChI=1S/C12H13O3.Li.H3O2P/c1-7-4-8(2)11(6-13)9(3)10(7)5-12(14)15;;1-3-2/h4H,5H2,1-3H3,(H,14,15);;3H2,(H,1,2). The monoisotopic (exact) mass is 278 g/mol. The van der Waals surface area contributed by atoms with Crippen LogP contribution in [-0.4, -0.2) is 38.1 Å². The molecular formula is C12H16LiO5P. The Balaban J connectivity index is 0.000000982. The van der Waals surface area contributed by atoms with E-state index in [-0.39, 0.29) is 10.9 Å². The number of aryl methyl sites for hydroxylation is 2. The SMILES string of the molecule is O=[PH2]O.[Li][C](=O)c1c(C)cc(C)c(CC(=O)O)c1C. The van der Waals surface area contributed by atoms with E-state index in [9.17, 15) is 9.59 Å². The maximum atomic E-state index is 11.5. The molecule has 0 saturated carbocycles. The van der Waals surface area contributed by atoms with Crippen LogP contribution in [-0.2, 0) is 15.8 Å². The van der Waals surface area contributed by atoms with Crippen LogP contribution in [0.2, 0.25) is 0 Å². The van der Waals surface area contributed by atoms with Crippen LogP contribution < -0.4 is 0 Å². The molecule has 0 bridgehead atoms. The van der Waals surface area contributed by atoms with Crippen molar-refractivity contribution in [1.29, 1.82) is 0 Å². The third kappa shape index (κ3) is 5.34. The minimum atomic E-state index is -1.50. The van der Waals surface area contributed by atoms with E-state index in [1.54, 1.807) is 0 Å². The van der Waals surface area contributed by atoms with Crippen LogP contribution >= 0.6 is 8.69 Å². The molecule has 0 amide bonds. The van der Waals surface area contributed by atoms with Crippen molar-refractivity contribution in [3.63, 3.8) is 0 Å². The Morgan fingerprint density at radius 1 is 1.26 bits per heavy atom. The zero-order chi connectivity index (χ0) is 15.2. The predicted molar refractivity (Wildman–Crippen MR) is 74.7 cm³/mol. The van der Waals surface area contributed by atoms with E-state index in [2.05, 4.69) is 0 Å². The summed E-state index contributed by atoms with van der Waals surface area (Å²) in [6.45, 7) is 5.57. The van der Waals surface area contributed by atoms with Gasteiger partial charge < -0.3 is 4.89 Å². The van der Waals surface area contributed by atoms with Gasteiger partial charge in [-0.05, 0) is 0 Å². The number of carboxylic acid groups (broad SMARTS) is 1. The third-order valence-electron chi connectivity index (χ3n) is 2.81. The van der Waals surface area contributed by atoms with Gasteiger partial charge in [0.15, 0.2) is 8.69 Å². The molecule has 0 radical (unpaired) electrons. The number of carboxylic acids is 1. The van der Waals surface area contributed by atoms with E-state index >= 15 is 0 Å². The Bertz CT molecular complexity index is 513. The fourth-order valence-electron chi connectivity index (χ4n) is 2.19. The summed E-state index contributed by atoms with van der Waals surface area (Å²) in [5, 5.41) is 8.83. The molecule has 7 heteroatoms. The molecule has 1 aromatic carbocycles. The van der Waals surface area contributed by atoms with Crippen LogP contribution in [0, 0.1) is 20.8 Å². The Hall–Kier alpha value is -0.853. The fourth-order valence-corrected chi connectivity index (χ4v) is 2.19. The Kier molecular flexibility index (Phi) is 7.97. The van der Waals surface area contributed by atoms with Crippen LogP contribution in [0.4, 0.5) is 0 Å². The van der Waals surface area contributed by atoms with Crippen LogP contribution in [0.5, 0.6) is 0 Å². The van der Waals surface area contributed by atoms with Crippen molar-refractivity contribution < 1.29 is 24.2 Å². The summed E-state index contributed by atoms with van der Waals surface area (Å²) < 4.78 is 8.56. The summed E-state index contributed by atoms with van der Waals surface area (Å²) in [6.07, 6.45) is -0.0295. The summed E-state index contributed by atoms with van der Waals surface area (Å²) in [7, 11) is -1.50. The molecule has 0 aliphatic rings. The van der Waals surface area contributed by atoms with Crippen LogP contribution in [0.15, 0.2) is 6.07 Å². The van der Waals surface area contributed by atoms with Crippen molar-refractivity contribution in [2.24, 2.45) is 0 Å². The molecule has 0 aromatic heterocycles. The molecule has 0 heterocycles. The fraction of sp³-hybridized carbons (Fsp3) is 0.333. The average molecular weight is 278 g/mol. The van der Waals surface area contributed by atoms with E-state index in [0.29, 0.717) is 5.56 Å². The number of rotatable bonds is 3. The van der Waals surface area contributed by atoms with Gasteiger partial charge in [-0.1, -0.05) is 0 Å². The summed E-state index contributed by atoms with van der Waals surface area (Å²) in [5.74, 6) is -0.871. The Morgan fingerprint density at radius 2 is 1.74 bits per heavy atom. The number of carbonyl (C=O) groups is 2. The number of hydrogen-bond acceptors (Lipinski definition) is 3. The van der Waals surface area contributed by atoms with Crippen molar-refractivity contribution >= 4 is 36.8 Å². The summed E-state index contributed by atoms with van der Waals surface area (Å²) in [6, 6.07) is 1.88. The quantitative estimate of drug-likeness (QED) is 0.640. The predicted octanol–water partition coefficient (Wildman–Crippen LogP) is 1.20. The van der Waals surface area contributed by atoms with Crippen molar-refractivity contribution in [2.45, 2.75) is 27.2 Å². The summed E-state index contributed by atoms with van der Waals surface area (Å²) >= 11 is 1.51. The molecule has 0 spiro atoms. The van der Waals surface area contributed by atoms with Crippen LogP contribution in [0.3, 0.4) is 0 Å². The first-order valence-corrected chi connectivity index (χ1v) is 6.65. The van der Waals surface area contributed by atoms with E-state index in [0.717, 1.165) is 22.3 Å². The molecule has 0 fully saturated rings. The average Bonchev–Trinajstić information content (AvgIpc) is 2.24. The van der Waals surface area contributed by atoms with Crippen molar-refractivity contribution in [3.05, 3.63) is 33.9 Å². The Labute approximate surface area is 122 Å². The number of hydrogen-bond donors (Lipinski definition) is 2. The molecule has 0 aliphatic heterocycles. The van der Waals surface area contributed by atoms with Gasteiger partial charge in [0, 0.05) is 0 Å². The van der Waals surface area contributed by atoms with Gasteiger partial charge in [-0.15, -0.1) is 0 Å². The first-order valence-electron chi connectivity index (χ1n) is 5.66. The van der Waals surface area contributed by atoms with E-state index < -0.39 is 14.7 Å². The second-order valence-electron chi connectivity index (χ2n) is 4.22. The third-order valence-corrected chi connectivity index (χ3v) is 2.81. The first-order chi connectivity index (χ1) is 8.76. The van der Waals surface area contributed by atoms with E-state index in [4.69, 9.17) is 14.6 Å². The van der Waals surface area contributed by atoms with Gasteiger partial charge in [-0.3, -0.25) is 4.57 Å². The molecule has 1 unspecified atom stereocenters. The van der Waals surface area contributed by atoms with E-state index in [1.165, 1.54) is 17.7 Å². The minimum absolute atomic E-state index is 0.0124. The van der Waals surface area contributed by atoms with Gasteiger partial charge in [-0.25, -0.2) is 0 Å². The van der Waals surface area contributed by atoms with Crippen molar-refractivity contribution in [1.82, 2.24) is 0 Å². The molecule has 100 valence electrons. The van der Waals surface area contributed by atoms with Crippen LogP contribution in [0.25, 0.3) is 0 Å². The summed E-state index contributed by atoms with van der Waals surface area (Å²) in [5.41, 5.74) is 4.05. The second kappa shape index (κ2) is 8.34. The number of carbonyl (C=O) groups excluding carboxylic acids is 1. The van der Waals surface area contributed by atoms with Crippen LogP contribution in [0.1, 0.15) is 32.6 Å². The van der Waals surface area contributed by atoms with Gasteiger partial charge >= 0.3 is 104 Å². The van der Waals surface area contributed by atoms with Gasteiger partial charge in [0.1, 0.15) is 0 Å². The maximum absolute atomic E-state index is 11.5. The molecule has 1 aromatic rings. The normalized spacial score (nSPS) is 10.2.